The molecule has 1 fully saturated rings. The summed E-state index contributed by atoms with van der Waals surface area (Å²) >= 11 is 3.47. The zero-order chi connectivity index (χ0) is 20.0. The zero-order valence-corrected chi connectivity index (χ0v) is 17.1. The van der Waals surface area contributed by atoms with Crippen molar-refractivity contribution in [3.8, 4) is 39.6 Å². The fraction of sp³-hybridized carbons (Fsp3) is 0.227. The second-order valence-electron chi connectivity index (χ2n) is 7.19. The summed E-state index contributed by atoms with van der Waals surface area (Å²) in [6, 6.07) is 15.0. The molecule has 2 aromatic carbocycles. The molecule has 3 aromatic rings. The Morgan fingerprint density at radius 3 is 2.79 bits per heavy atom. The highest BCUT2D eigenvalue weighted by Crippen LogP contribution is 2.43. The first-order valence-corrected chi connectivity index (χ1v) is 10.2. The topological polar surface area (TPSA) is 75.0 Å². The number of pyridine rings is 1. The molecule has 0 saturated carbocycles. The third-order valence-electron chi connectivity index (χ3n) is 5.24. The molecule has 0 radical (unpaired) electrons. The smallest absolute Gasteiger partial charge is 0.231 e. The highest BCUT2D eigenvalue weighted by atomic mass is 79.9. The predicted octanol–water partition coefficient (Wildman–Crippen LogP) is 4.18. The molecule has 2 aliphatic rings. The third kappa shape index (κ3) is 3.41. The molecule has 2 N–H and O–H groups in total. The number of aliphatic hydroxyl groups excluding tert-OH is 1. The van der Waals surface area contributed by atoms with Gasteiger partial charge in [-0.05, 0) is 48.4 Å². The Labute approximate surface area is 176 Å². The quantitative estimate of drug-likeness (QED) is 0.617. The lowest BCUT2D eigenvalue weighted by Gasteiger charge is -2.20. The monoisotopic (exact) mass is 454 g/mol. The van der Waals surface area contributed by atoms with Gasteiger partial charge in [0.15, 0.2) is 11.5 Å². The minimum atomic E-state index is -0.360. The predicted molar refractivity (Wildman–Crippen MR) is 113 cm³/mol. The molecule has 148 valence electrons. The van der Waals surface area contributed by atoms with E-state index in [-0.39, 0.29) is 18.6 Å². The van der Waals surface area contributed by atoms with Gasteiger partial charge in [-0.15, -0.1) is 0 Å². The molecule has 0 bridgehead atoms. The van der Waals surface area contributed by atoms with Gasteiger partial charge in [0.2, 0.25) is 6.79 Å². The third-order valence-corrected chi connectivity index (χ3v) is 5.73. The number of phenolic OH excluding ortho intramolecular Hbond substituents is 1. The van der Waals surface area contributed by atoms with E-state index in [4.69, 9.17) is 14.5 Å². The van der Waals surface area contributed by atoms with Gasteiger partial charge >= 0.3 is 0 Å². The van der Waals surface area contributed by atoms with Gasteiger partial charge in [-0.2, -0.15) is 0 Å². The summed E-state index contributed by atoms with van der Waals surface area (Å²) in [4.78, 5) is 6.87. The van der Waals surface area contributed by atoms with Crippen LogP contribution in [-0.2, 0) is 0 Å². The average molecular weight is 455 g/mol. The molecule has 1 atom stereocenters. The number of hydrogen-bond donors (Lipinski definition) is 2. The van der Waals surface area contributed by atoms with Crippen molar-refractivity contribution in [1.29, 1.82) is 0 Å². The number of aromatic hydroxyl groups is 1. The molecule has 0 spiro atoms. The lowest BCUT2D eigenvalue weighted by Crippen LogP contribution is -2.22. The summed E-state index contributed by atoms with van der Waals surface area (Å²) < 4.78 is 12.1. The van der Waals surface area contributed by atoms with E-state index in [2.05, 4.69) is 20.8 Å². The van der Waals surface area contributed by atoms with Gasteiger partial charge in [0.25, 0.3) is 0 Å². The number of phenols is 1. The molecule has 7 heteroatoms. The number of hydrogen-bond acceptors (Lipinski definition) is 6. The number of ether oxygens (including phenoxy) is 2. The van der Waals surface area contributed by atoms with Crippen LogP contribution in [0.15, 0.2) is 53.0 Å². The van der Waals surface area contributed by atoms with E-state index in [1.807, 2.05) is 36.4 Å². The zero-order valence-electron chi connectivity index (χ0n) is 15.5. The number of nitrogens with zero attached hydrogens (tertiary/aromatic N) is 2. The van der Waals surface area contributed by atoms with Crippen LogP contribution in [0.5, 0.6) is 17.2 Å². The Bertz CT molecular complexity index is 1090. The average Bonchev–Trinajstić information content (AvgIpc) is 3.38. The number of anilines is 1. The van der Waals surface area contributed by atoms with Gasteiger partial charge in [-0.3, -0.25) is 0 Å². The molecule has 29 heavy (non-hydrogen) atoms. The molecule has 0 aliphatic carbocycles. The Morgan fingerprint density at radius 1 is 1.07 bits per heavy atom. The van der Waals surface area contributed by atoms with E-state index in [9.17, 15) is 10.2 Å². The van der Waals surface area contributed by atoms with Crippen molar-refractivity contribution in [1.82, 2.24) is 4.98 Å². The fourth-order valence-corrected chi connectivity index (χ4v) is 4.15. The Kier molecular flexibility index (Phi) is 4.56. The number of halogens is 1. The van der Waals surface area contributed by atoms with E-state index < -0.39 is 0 Å². The molecular formula is C22H19BrN2O4. The summed E-state index contributed by atoms with van der Waals surface area (Å²) in [6.45, 7) is 1.46. The van der Waals surface area contributed by atoms with Gasteiger partial charge in [0.1, 0.15) is 11.6 Å². The number of aromatic nitrogens is 1. The SMILES string of the molecule is Oc1ccc(Br)cc1-c1cc(-c2cccc3c2OCO3)cc(N2CCC(O)C2)n1. The van der Waals surface area contributed by atoms with Crippen molar-refractivity contribution < 1.29 is 19.7 Å². The number of aliphatic hydroxyl groups is 1. The summed E-state index contributed by atoms with van der Waals surface area (Å²) in [7, 11) is 0. The van der Waals surface area contributed by atoms with Crippen molar-refractivity contribution in [2.75, 3.05) is 24.8 Å². The number of rotatable bonds is 3. The molecular weight excluding hydrogens is 436 g/mol. The number of benzene rings is 2. The lowest BCUT2D eigenvalue weighted by atomic mass is 10.0. The van der Waals surface area contributed by atoms with Gasteiger partial charge < -0.3 is 24.6 Å². The number of β-amino-alcohol motifs (C(OH)–C–C–N with tert-alkyl or cyclic N) is 1. The largest absolute Gasteiger partial charge is 0.507 e. The maximum Gasteiger partial charge on any atom is 0.231 e. The van der Waals surface area contributed by atoms with Crippen molar-refractivity contribution in [3.63, 3.8) is 0 Å². The van der Waals surface area contributed by atoms with Gasteiger partial charge in [0, 0.05) is 28.7 Å². The fourth-order valence-electron chi connectivity index (χ4n) is 3.79. The van der Waals surface area contributed by atoms with Gasteiger partial charge in [-0.25, -0.2) is 4.98 Å². The molecule has 1 unspecified atom stereocenters. The van der Waals surface area contributed by atoms with Crippen molar-refractivity contribution in [2.45, 2.75) is 12.5 Å². The Morgan fingerprint density at radius 2 is 1.97 bits per heavy atom. The van der Waals surface area contributed by atoms with Crippen LogP contribution in [0, 0.1) is 0 Å². The number of para-hydroxylation sites is 1. The molecule has 6 nitrogen and oxygen atoms in total. The molecule has 0 amide bonds. The van der Waals surface area contributed by atoms with Crippen LogP contribution in [0.3, 0.4) is 0 Å². The van der Waals surface area contributed by atoms with Crippen LogP contribution < -0.4 is 14.4 Å². The Balaban J connectivity index is 1.69. The van der Waals surface area contributed by atoms with Gasteiger partial charge in [-0.1, -0.05) is 28.1 Å². The summed E-state index contributed by atoms with van der Waals surface area (Å²) in [5.41, 5.74) is 3.09. The van der Waals surface area contributed by atoms with Gasteiger partial charge in [0.05, 0.1) is 11.8 Å². The van der Waals surface area contributed by atoms with Crippen LogP contribution in [0.1, 0.15) is 6.42 Å². The molecule has 3 heterocycles. The maximum atomic E-state index is 10.4. The lowest BCUT2D eigenvalue weighted by molar-refractivity contribution is 0.174. The maximum absolute atomic E-state index is 10.4. The standard InChI is InChI=1S/C22H19BrN2O4/c23-14-4-5-19(27)17(10-14)18-8-13(9-21(24-18)25-7-6-15(26)11-25)16-2-1-3-20-22(16)29-12-28-20/h1-5,8-10,15,26-27H,6-7,11-12H2. The van der Waals surface area contributed by atoms with E-state index in [1.165, 1.54) is 0 Å². The first kappa shape index (κ1) is 18.3. The second kappa shape index (κ2) is 7.24. The van der Waals surface area contributed by atoms with E-state index in [0.29, 0.717) is 35.7 Å². The first-order chi connectivity index (χ1) is 14.1. The van der Waals surface area contributed by atoms with E-state index in [0.717, 1.165) is 28.0 Å². The molecule has 5 rings (SSSR count). The minimum Gasteiger partial charge on any atom is -0.507 e. The molecule has 1 saturated heterocycles. The van der Waals surface area contributed by atoms with Crippen LogP contribution in [0.4, 0.5) is 5.82 Å². The molecule has 1 aromatic heterocycles. The second-order valence-corrected chi connectivity index (χ2v) is 8.10. The Hall–Kier alpha value is -2.77. The van der Waals surface area contributed by atoms with Crippen LogP contribution in [-0.4, -0.2) is 41.2 Å². The highest BCUT2D eigenvalue weighted by molar-refractivity contribution is 9.10. The first-order valence-electron chi connectivity index (χ1n) is 9.41. The molecule has 2 aliphatic heterocycles. The van der Waals surface area contributed by atoms with E-state index in [1.54, 1.807) is 12.1 Å². The summed E-state index contributed by atoms with van der Waals surface area (Å²) in [6.07, 6.45) is 0.349. The van der Waals surface area contributed by atoms with Crippen LogP contribution >= 0.6 is 15.9 Å². The summed E-state index contributed by atoms with van der Waals surface area (Å²) in [5.74, 6) is 2.33. The van der Waals surface area contributed by atoms with E-state index >= 15 is 0 Å². The summed E-state index contributed by atoms with van der Waals surface area (Å²) in [5, 5.41) is 20.4. The van der Waals surface area contributed by atoms with Crippen molar-refractivity contribution in [3.05, 3.63) is 53.0 Å². The number of fused-ring (bicyclic) bond motifs is 1. The van der Waals surface area contributed by atoms with Crippen LogP contribution in [0.25, 0.3) is 22.4 Å². The minimum absolute atomic E-state index is 0.156. The highest BCUT2D eigenvalue weighted by Gasteiger charge is 2.24. The van der Waals surface area contributed by atoms with Crippen molar-refractivity contribution >= 4 is 21.7 Å². The normalized spacial score (nSPS) is 17.7. The van der Waals surface area contributed by atoms with Crippen LogP contribution in [0.2, 0.25) is 0 Å². The van der Waals surface area contributed by atoms with Crippen molar-refractivity contribution in [2.24, 2.45) is 0 Å².